The van der Waals surface area contributed by atoms with Crippen LogP contribution in [0.25, 0.3) is 0 Å². The van der Waals surface area contributed by atoms with E-state index in [9.17, 15) is 4.79 Å². The molecule has 2 rings (SSSR count). The van der Waals surface area contributed by atoms with E-state index in [0.29, 0.717) is 0 Å². The molecule has 0 bridgehead atoms. The molecule has 0 radical (unpaired) electrons. The second-order valence-electron chi connectivity index (χ2n) is 2.03. The summed E-state index contributed by atoms with van der Waals surface area (Å²) in [5.74, 6) is -0.327. The van der Waals surface area contributed by atoms with Gasteiger partial charge in [0.1, 0.15) is 0 Å². The first kappa shape index (κ1) is 5.96. The first-order chi connectivity index (χ1) is 5.27. The quantitative estimate of drug-likeness (QED) is 0.444. The van der Waals surface area contributed by atoms with Gasteiger partial charge in [0.25, 0.3) is 5.91 Å². The fourth-order valence-electron chi connectivity index (χ4n) is 0.823. The number of hydrogen-bond acceptors (Lipinski definition) is 6. The van der Waals surface area contributed by atoms with Crippen LogP contribution < -0.4 is 11.1 Å². The molecule has 2 aliphatic rings. The number of carbonyl (C=O) groups is 1. The van der Waals surface area contributed by atoms with Gasteiger partial charge >= 0.3 is 0 Å². The molecule has 56 valence electrons. The highest BCUT2D eigenvalue weighted by atomic mass is 16.2. The van der Waals surface area contributed by atoms with Crippen LogP contribution in [0, 0.1) is 0 Å². The van der Waals surface area contributed by atoms with Gasteiger partial charge in [-0.2, -0.15) is 0 Å². The van der Waals surface area contributed by atoms with Crippen LogP contribution in [0.4, 0.5) is 0 Å². The molecule has 2 aliphatic heterocycles. The molecule has 1 amide bonds. The molecule has 7 heteroatoms. The Kier molecular flexibility index (Phi) is 0.999. The number of nitrogens with one attached hydrogen (secondary N) is 1. The second kappa shape index (κ2) is 1.84. The van der Waals surface area contributed by atoms with E-state index in [1.165, 1.54) is 0 Å². The zero-order chi connectivity index (χ0) is 7.84. The summed E-state index contributed by atoms with van der Waals surface area (Å²) in [7, 11) is 0. The van der Waals surface area contributed by atoms with Crippen molar-refractivity contribution in [3.63, 3.8) is 0 Å². The van der Waals surface area contributed by atoms with Gasteiger partial charge < -0.3 is 5.73 Å². The topological polar surface area (TPSA) is 105 Å². The normalized spacial score (nSPS) is 27.3. The van der Waals surface area contributed by atoms with E-state index < -0.39 is 6.17 Å². The maximum atomic E-state index is 11.0. The van der Waals surface area contributed by atoms with Crippen LogP contribution >= 0.6 is 0 Å². The number of rotatable bonds is 0. The van der Waals surface area contributed by atoms with Crippen LogP contribution in [0.15, 0.2) is 20.4 Å². The number of carbonyl (C=O) groups excluding carboxylic acids is 1. The molecule has 0 saturated heterocycles. The fraction of sp³-hybridized carbons (Fsp3) is 0.250. The van der Waals surface area contributed by atoms with Crippen molar-refractivity contribution in [1.29, 1.82) is 0 Å². The predicted molar refractivity (Wildman–Crippen MR) is 35.8 cm³/mol. The number of nitrogens with two attached hydrogens (primary N) is 1. The molecule has 0 spiro atoms. The Morgan fingerprint density at radius 3 is 3.18 bits per heavy atom. The fourth-order valence-corrected chi connectivity index (χ4v) is 0.823. The molecule has 0 aromatic carbocycles. The molecular weight excluding hydrogens is 148 g/mol. The maximum Gasteiger partial charge on any atom is 0.278 e. The zero-order valence-corrected chi connectivity index (χ0v) is 5.35. The first-order valence-corrected chi connectivity index (χ1v) is 2.90. The van der Waals surface area contributed by atoms with E-state index >= 15 is 0 Å². The van der Waals surface area contributed by atoms with Crippen molar-refractivity contribution >= 4 is 17.6 Å². The number of aliphatic imine (C=N–C) groups is 1. The molecule has 11 heavy (non-hydrogen) atoms. The van der Waals surface area contributed by atoms with Crippen molar-refractivity contribution in [1.82, 2.24) is 5.32 Å². The SMILES string of the molecule is NC1=NC2N=NN=C2C(=O)N1. The number of hydrogen-bond donors (Lipinski definition) is 2. The van der Waals surface area contributed by atoms with Gasteiger partial charge in [0, 0.05) is 0 Å². The lowest BCUT2D eigenvalue weighted by Gasteiger charge is -2.11. The average molecular weight is 152 g/mol. The molecular formula is C4H4N6O. The Hall–Kier alpha value is -1.79. The van der Waals surface area contributed by atoms with Crippen LogP contribution in [0.3, 0.4) is 0 Å². The Morgan fingerprint density at radius 1 is 1.55 bits per heavy atom. The predicted octanol–water partition coefficient (Wildman–Crippen LogP) is -1.42. The number of amides is 1. The highest BCUT2D eigenvalue weighted by molar-refractivity contribution is 6.44. The van der Waals surface area contributed by atoms with Crippen molar-refractivity contribution in [3.05, 3.63) is 0 Å². The van der Waals surface area contributed by atoms with E-state index in [1.807, 2.05) is 0 Å². The first-order valence-electron chi connectivity index (χ1n) is 2.90. The van der Waals surface area contributed by atoms with E-state index in [-0.39, 0.29) is 17.6 Å². The summed E-state index contributed by atoms with van der Waals surface area (Å²) >= 11 is 0. The smallest absolute Gasteiger partial charge is 0.278 e. The minimum Gasteiger partial charge on any atom is -0.370 e. The number of guanidine groups is 1. The number of fused-ring (bicyclic) bond motifs is 1. The molecule has 0 fully saturated rings. The highest BCUT2D eigenvalue weighted by Crippen LogP contribution is 2.09. The van der Waals surface area contributed by atoms with Gasteiger partial charge in [-0.25, -0.2) is 4.99 Å². The molecule has 0 aromatic rings. The van der Waals surface area contributed by atoms with Crippen LogP contribution in [0.1, 0.15) is 0 Å². The van der Waals surface area contributed by atoms with Crippen LogP contribution in [0.2, 0.25) is 0 Å². The summed E-state index contributed by atoms with van der Waals surface area (Å²) in [4.78, 5) is 14.7. The Labute approximate surface area is 61.1 Å². The summed E-state index contributed by atoms with van der Waals surface area (Å²) in [6.07, 6.45) is -0.622. The maximum absolute atomic E-state index is 11.0. The minimum atomic E-state index is -0.622. The summed E-state index contributed by atoms with van der Waals surface area (Å²) in [6, 6.07) is 0. The third-order valence-electron chi connectivity index (χ3n) is 1.29. The molecule has 7 nitrogen and oxygen atoms in total. The molecule has 1 atom stereocenters. The van der Waals surface area contributed by atoms with E-state index in [0.717, 1.165) is 0 Å². The van der Waals surface area contributed by atoms with Gasteiger partial charge in [0.2, 0.25) is 6.17 Å². The van der Waals surface area contributed by atoms with Crippen molar-refractivity contribution < 1.29 is 4.79 Å². The Balaban J connectivity index is 2.42. The lowest BCUT2D eigenvalue weighted by atomic mass is 10.2. The van der Waals surface area contributed by atoms with Crippen molar-refractivity contribution in [2.45, 2.75) is 6.17 Å². The lowest BCUT2D eigenvalue weighted by Crippen LogP contribution is -2.48. The van der Waals surface area contributed by atoms with Crippen LogP contribution in [0.5, 0.6) is 0 Å². The van der Waals surface area contributed by atoms with Crippen molar-refractivity contribution in [2.24, 2.45) is 26.2 Å². The van der Waals surface area contributed by atoms with Gasteiger partial charge in [-0.1, -0.05) is 0 Å². The van der Waals surface area contributed by atoms with Crippen LogP contribution in [-0.2, 0) is 4.79 Å². The summed E-state index contributed by atoms with van der Waals surface area (Å²) in [6.45, 7) is 0. The summed E-state index contributed by atoms with van der Waals surface area (Å²) in [5, 5.41) is 12.6. The zero-order valence-electron chi connectivity index (χ0n) is 5.35. The average Bonchev–Trinajstić information content (AvgIpc) is 2.34. The van der Waals surface area contributed by atoms with E-state index in [1.54, 1.807) is 0 Å². The molecule has 0 aromatic heterocycles. The highest BCUT2D eigenvalue weighted by Gasteiger charge is 2.30. The van der Waals surface area contributed by atoms with Gasteiger partial charge in [-0.3, -0.25) is 10.1 Å². The Bertz CT molecular complexity index is 302. The van der Waals surface area contributed by atoms with E-state index in [2.05, 4.69) is 25.7 Å². The Morgan fingerprint density at radius 2 is 2.36 bits per heavy atom. The van der Waals surface area contributed by atoms with Crippen molar-refractivity contribution in [3.8, 4) is 0 Å². The number of nitrogens with zero attached hydrogens (tertiary/aromatic N) is 4. The molecule has 1 unspecified atom stereocenters. The second-order valence-corrected chi connectivity index (χ2v) is 2.03. The molecule has 0 saturated carbocycles. The molecule has 3 N–H and O–H groups in total. The standard InChI is InChI=1S/C4H4N6O/c5-4-6-2-1(3(11)7-4)8-10-9-2/h2H,(H3,5,6,7,11). The largest absolute Gasteiger partial charge is 0.370 e. The van der Waals surface area contributed by atoms with Crippen LogP contribution in [-0.4, -0.2) is 23.7 Å². The lowest BCUT2D eigenvalue weighted by molar-refractivity contribution is -0.113. The minimum absolute atomic E-state index is 0.0554. The third-order valence-corrected chi connectivity index (χ3v) is 1.29. The van der Waals surface area contributed by atoms with Gasteiger partial charge in [0.05, 0.1) is 0 Å². The monoisotopic (exact) mass is 152 g/mol. The summed E-state index contributed by atoms with van der Waals surface area (Å²) in [5.41, 5.74) is 5.44. The van der Waals surface area contributed by atoms with Gasteiger partial charge in [-0.15, -0.1) is 10.2 Å². The van der Waals surface area contributed by atoms with Gasteiger partial charge in [0.15, 0.2) is 11.7 Å². The molecule has 2 heterocycles. The summed E-state index contributed by atoms with van der Waals surface area (Å²) < 4.78 is 0. The third kappa shape index (κ3) is 0.775. The van der Waals surface area contributed by atoms with E-state index in [4.69, 9.17) is 5.73 Å². The van der Waals surface area contributed by atoms with Crippen molar-refractivity contribution in [2.75, 3.05) is 0 Å². The molecule has 0 aliphatic carbocycles. The van der Waals surface area contributed by atoms with Gasteiger partial charge in [-0.05, 0) is 5.22 Å².